The molecule has 1 N–H and O–H groups in total. The molecule has 0 saturated heterocycles. The number of benzene rings is 1. The number of carbonyl (C=O) groups excluding carboxylic acids is 1. The highest BCUT2D eigenvalue weighted by Crippen LogP contribution is 2.33. The van der Waals surface area contributed by atoms with E-state index in [4.69, 9.17) is 0 Å². The molecule has 0 aliphatic heterocycles. The first-order valence-electron chi connectivity index (χ1n) is 8.45. The maximum atomic E-state index is 13.4. The van der Waals surface area contributed by atoms with Gasteiger partial charge in [-0.15, -0.1) is 11.3 Å². The Kier molecular flexibility index (Phi) is 5.83. The zero-order valence-corrected chi connectivity index (χ0v) is 15.9. The molecule has 0 aliphatic carbocycles. The lowest BCUT2D eigenvalue weighted by Crippen LogP contribution is -2.31. The Morgan fingerprint density at radius 2 is 2.00 bits per heavy atom. The van der Waals surface area contributed by atoms with Crippen LogP contribution in [0.4, 0.5) is 23.2 Å². The summed E-state index contributed by atoms with van der Waals surface area (Å²) in [6.07, 6.45) is -4.88. The Bertz CT molecular complexity index is 1080. The number of hydrogen-bond donors (Lipinski definition) is 1. The van der Waals surface area contributed by atoms with E-state index in [1.807, 2.05) is 17.5 Å². The van der Waals surface area contributed by atoms with Crippen LogP contribution in [-0.4, -0.2) is 15.7 Å². The highest BCUT2D eigenvalue weighted by Gasteiger charge is 2.34. The third-order valence-electron chi connectivity index (χ3n) is 4.07. The maximum Gasteiger partial charge on any atom is 0.419 e. The van der Waals surface area contributed by atoms with Crippen LogP contribution in [0.15, 0.2) is 52.6 Å². The van der Waals surface area contributed by atoms with Gasteiger partial charge in [-0.3, -0.25) is 9.59 Å². The molecule has 1 atom stereocenters. The second kappa shape index (κ2) is 8.16. The Labute approximate surface area is 166 Å². The Balaban J connectivity index is 1.75. The average Bonchev–Trinajstić information content (AvgIpc) is 3.18. The van der Waals surface area contributed by atoms with E-state index >= 15 is 0 Å². The monoisotopic (exact) mass is 425 g/mol. The maximum absolute atomic E-state index is 13.4. The molecule has 152 valence electrons. The minimum absolute atomic E-state index is 0.0722. The standard InChI is InChI=1S/C19H15F4N3O2S/c1-11(10-26-17(27)7-6-15(25-26)16-3-2-8-29-16)18(28)24-12-4-5-14(20)13(9-12)19(21,22)23/h2-9,11H,10H2,1H3,(H,24,28)/t11-/m1/s1. The number of hydrogen-bond acceptors (Lipinski definition) is 4. The van der Waals surface area contributed by atoms with E-state index in [0.717, 1.165) is 15.6 Å². The van der Waals surface area contributed by atoms with Gasteiger partial charge in [0.15, 0.2) is 0 Å². The molecule has 1 aromatic carbocycles. The summed E-state index contributed by atoms with van der Waals surface area (Å²) in [6.45, 7) is 1.44. The van der Waals surface area contributed by atoms with Crippen LogP contribution in [0.1, 0.15) is 12.5 Å². The van der Waals surface area contributed by atoms with Gasteiger partial charge in [0.1, 0.15) is 11.5 Å². The van der Waals surface area contributed by atoms with Crippen molar-refractivity contribution in [2.45, 2.75) is 19.6 Å². The fraction of sp³-hybridized carbons (Fsp3) is 0.211. The van der Waals surface area contributed by atoms with Crippen LogP contribution >= 0.6 is 11.3 Å². The van der Waals surface area contributed by atoms with Crippen LogP contribution in [0.25, 0.3) is 10.6 Å². The number of alkyl halides is 3. The van der Waals surface area contributed by atoms with Crippen molar-refractivity contribution in [3.05, 3.63) is 69.6 Å². The second-order valence-corrected chi connectivity index (χ2v) is 7.25. The van der Waals surface area contributed by atoms with Gasteiger partial charge in [-0.05, 0) is 35.7 Å². The SMILES string of the molecule is C[C@H](Cn1nc(-c2cccs2)ccc1=O)C(=O)Nc1ccc(F)c(C(F)(F)F)c1. The predicted octanol–water partition coefficient (Wildman–Crippen LogP) is 4.40. The van der Waals surface area contributed by atoms with Crippen LogP contribution in [0.2, 0.25) is 0 Å². The zero-order valence-electron chi connectivity index (χ0n) is 15.0. The number of halogens is 4. The second-order valence-electron chi connectivity index (χ2n) is 6.30. The van der Waals surface area contributed by atoms with Gasteiger partial charge in [0.05, 0.1) is 22.9 Å². The van der Waals surface area contributed by atoms with Crippen LogP contribution in [0.3, 0.4) is 0 Å². The molecule has 0 saturated carbocycles. The van der Waals surface area contributed by atoms with Crippen molar-refractivity contribution in [2.24, 2.45) is 5.92 Å². The Hall–Kier alpha value is -3.01. The first-order chi connectivity index (χ1) is 13.6. The molecular formula is C19H15F4N3O2S. The number of rotatable bonds is 5. The van der Waals surface area contributed by atoms with Crippen LogP contribution in [-0.2, 0) is 17.5 Å². The minimum Gasteiger partial charge on any atom is -0.326 e. The first-order valence-corrected chi connectivity index (χ1v) is 9.33. The van der Waals surface area contributed by atoms with E-state index in [9.17, 15) is 27.2 Å². The molecule has 0 spiro atoms. The van der Waals surface area contributed by atoms with Crippen molar-refractivity contribution in [2.75, 3.05) is 5.32 Å². The minimum atomic E-state index is -4.88. The fourth-order valence-electron chi connectivity index (χ4n) is 2.56. The van der Waals surface area contributed by atoms with Crippen molar-refractivity contribution in [1.29, 1.82) is 0 Å². The van der Waals surface area contributed by atoms with E-state index < -0.39 is 34.9 Å². The van der Waals surface area contributed by atoms with Crippen molar-refractivity contribution >= 4 is 22.9 Å². The third kappa shape index (κ3) is 4.89. The normalized spacial score (nSPS) is 12.6. The summed E-state index contributed by atoms with van der Waals surface area (Å²) in [4.78, 5) is 25.3. The molecule has 2 heterocycles. The number of carbonyl (C=O) groups is 1. The third-order valence-corrected chi connectivity index (χ3v) is 4.97. The molecule has 10 heteroatoms. The van der Waals surface area contributed by atoms with E-state index in [2.05, 4.69) is 10.4 Å². The quantitative estimate of drug-likeness (QED) is 0.616. The molecule has 0 aliphatic rings. The summed E-state index contributed by atoms with van der Waals surface area (Å²) in [5.74, 6) is -2.83. The molecule has 1 amide bonds. The van der Waals surface area contributed by atoms with Crippen molar-refractivity contribution in [1.82, 2.24) is 9.78 Å². The fourth-order valence-corrected chi connectivity index (χ4v) is 3.25. The molecule has 0 fully saturated rings. The van der Waals surface area contributed by atoms with Gasteiger partial charge >= 0.3 is 6.18 Å². The summed E-state index contributed by atoms with van der Waals surface area (Å²) in [5.41, 5.74) is -1.50. The molecule has 3 aromatic rings. The molecule has 2 aromatic heterocycles. The highest BCUT2D eigenvalue weighted by atomic mass is 32.1. The van der Waals surface area contributed by atoms with Crippen LogP contribution in [0.5, 0.6) is 0 Å². The summed E-state index contributed by atoms with van der Waals surface area (Å²) < 4.78 is 52.9. The topological polar surface area (TPSA) is 64.0 Å². The number of amides is 1. The number of aromatic nitrogens is 2. The van der Waals surface area contributed by atoms with Crippen LogP contribution < -0.4 is 10.9 Å². The molecule has 0 bridgehead atoms. The Morgan fingerprint density at radius 3 is 2.66 bits per heavy atom. The van der Waals surface area contributed by atoms with Crippen LogP contribution in [0, 0.1) is 11.7 Å². The summed E-state index contributed by atoms with van der Waals surface area (Å²) >= 11 is 1.44. The van der Waals surface area contributed by atoms with Crippen molar-refractivity contribution < 1.29 is 22.4 Å². The lowest BCUT2D eigenvalue weighted by molar-refractivity contribution is -0.140. The van der Waals surface area contributed by atoms with Gasteiger partial charge in [-0.25, -0.2) is 9.07 Å². The largest absolute Gasteiger partial charge is 0.419 e. The van der Waals surface area contributed by atoms with Gasteiger partial charge in [-0.1, -0.05) is 13.0 Å². The lowest BCUT2D eigenvalue weighted by Gasteiger charge is -2.15. The molecule has 3 rings (SSSR count). The van der Waals surface area contributed by atoms with Gasteiger partial charge in [0.2, 0.25) is 5.91 Å². The van der Waals surface area contributed by atoms with Gasteiger partial charge in [0.25, 0.3) is 5.56 Å². The number of nitrogens with zero attached hydrogens (tertiary/aromatic N) is 2. The number of thiophene rings is 1. The predicted molar refractivity (Wildman–Crippen MR) is 101 cm³/mol. The van der Waals surface area contributed by atoms with E-state index in [-0.39, 0.29) is 12.2 Å². The summed E-state index contributed by atoms with van der Waals surface area (Å²) in [6, 6.07) is 8.79. The van der Waals surface area contributed by atoms with Crippen molar-refractivity contribution in [3.8, 4) is 10.6 Å². The molecular weight excluding hydrogens is 410 g/mol. The smallest absolute Gasteiger partial charge is 0.326 e. The van der Waals surface area contributed by atoms with Crippen molar-refractivity contribution in [3.63, 3.8) is 0 Å². The lowest BCUT2D eigenvalue weighted by atomic mass is 10.1. The average molecular weight is 425 g/mol. The van der Waals surface area contributed by atoms with E-state index in [1.165, 1.54) is 24.3 Å². The van der Waals surface area contributed by atoms with E-state index in [0.29, 0.717) is 17.8 Å². The highest BCUT2D eigenvalue weighted by molar-refractivity contribution is 7.13. The van der Waals surface area contributed by atoms with Gasteiger partial charge in [-0.2, -0.15) is 18.3 Å². The molecule has 5 nitrogen and oxygen atoms in total. The Morgan fingerprint density at radius 1 is 1.24 bits per heavy atom. The summed E-state index contributed by atoms with van der Waals surface area (Å²) in [5, 5.41) is 8.42. The van der Waals surface area contributed by atoms with Gasteiger partial charge < -0.3 is 5.32 Å². The molecule has 29 heavy (non-hydrogen) atoms. The molecule has 0 radical (unpaired) electrons. The zero-order chi connectivity index (χ0) is 21.2. The number of anilines is 1. The van der Waals surface area contributed by atoms with E-state index in [1.54, 1.807) is 6.07 Å². The van der Waals surface area contributed by atoms with Gasteiger partial charge in [0, 0.05) is 11.8 Å². The number of nitrogens with one attached hydrogen (secondary N) is 1. The first kappa shape index (κ1) is 20.7. The molecule has 0 unspecified atom stereocenters. The summed E-state index contributed by atoms with van der Waals surface area (Å²) in [7, 11) is 0.